The van der Waals surface area contributed by atoms with Crippen molar-refractivity contribution in [3.63, 3.8) is 0 Å². The molecule has 1 aliphatic rings. The molecule has 0 aromatic heterocycles. The molecule has 1 saturated heterocycles. The van der Waals surface area contributed by atoms with Crippen molar-refractivity contribution >= 4 is 0 Å². The van der Waals surface area contributed by atoms with Crippen LogP contribution in [0.25, 0.3) is 0 Å². The molecule has 1 heterocycles. The quantitative estimate of drug-likeness (QED) is 0.445. The molecule has 1 atom stereocenters. The zero-order chi connectivity index (χ0) is 8.93. The van der Waals surface area contributed by atoms with Gasteiger partial charge in [0.1, 0.15) is 6.61 Å². The number of hydrogen-bond donors (Lipinski definition) is 0. The third kappa shape index (κ3) is 3.38. The van der Waals surface area contributed by atoms with Crippen LogP contribution in [0.1, 0.15) is 12.8 Å². The van der Waals surface area contributed by atoms with Crippen LogP contribution in [0.15, 0.2) is 24.3 Å². The first-order valence-corrected chi connectivity index (χ1v) is 4.66. The van der Waals surface area contributed by atoms with Gasteiger partial charge in [0, 0.05) is 12.4 Å². The van der Waals surface area contributed by atoms with E-state index in [1.807, 2.05) is 24.3 Å². The van der Waals surface area contributed by atoms with Crippen LogP contribution in [-0.4, -0.2) is 19.3 Å². The van der Waals surface area contributed by atoms with Crippen LogP contribution in [0, 0.1) is 6.07 Å². The average Bonchev–Trinajstić information content (AvgIpc) is 2.69. The van der Waals surface area contributed by atoms with Crippen LogP contribution in [0.5, 0.6) is 5.75 Å². The Morgan fingerprint density at radius 1 is 1.43 bits per heavy atom. The van der Waals surface area contributed by atoms with E-state index in [4.69, 9.17) is 9.47 Å². The molecule has 0 amide bonds. The summed E-state index contributed by atoms with van der Waals surface area (Å²) in [6.45, 7) is 1.56. The zero-order valence-corrected chi connectivity index (χ0v) is 8.53. The molecule has 1 aromatic carbocycles. The summed E-state index contributed by atoms with van der Waals surface area (Å²) in [6.07, 6.45) is 2.58. The molecular weight excluding hydrogens is 171 g/mol. The predicted molar refractivity (Wildman–Crippen MR) is 49.7 cm³/mol. The van der Waals surface area contributed by atoms with Gasteiger partial charge in [0.25, 0.3) is 0 Å². The Balaban J connectivity index is 0.000000980. The number of benzene rings is 1. The number of ether oxygens (including phenoxy) is 2. The average molecular weight is 184 g/mol. The largest absolute Gasteiger partial charge is 1.00 e. The number of rotatable bonds is 3. The van der Waals surface area contributed by atoms with Gasteiger partial charge in [0.05, 0.1) is 6.10 Å². The van der Waals surface area contributed by atoms with Gasteiger partial charge in [-0.2, -0.15) is 18.2 Å². The molecule has 0 saturated carbocycles. The second-order valence-corrected chi connectivity index (χ2v) is 3.18. The summed E-state index contributed by atoms with van der Waals surface area (Å²) in [5.41, 5.74) is 0. The van der Waals surface area contributed by atoms with Crippen molar-refractivity contribution in [3.8, 4) is 5.75 Å². The maximum atomic E-state index is 5.54. The van der Waals surface area contributed by atoms with Gasteiger partial charge >= 0.3 is 18.9 Å². The smallest absolute Gasteiger partial charge is 0.516 e. The van der Waals surface area contributed by atoms with Gasteiger partial charge in [-0.25, -0.2) is 0 Å². The van der Waals surface area contributed by atoms with E-state index in [-0.39, 0.29) is 18.9 Å². The van der Waals surface area contributed by atoms with Gasteiger partial charge in [-0.15, -0.1) is 12.1 Å². The van der Waals surface area contributed by atoms with Crippen LogP contribution < -0.4 is 23.6 Å². The summed E-state index contributed by atoms with van der Waals surface area (Å²) < 4.78 is 11.0. The molecule has 70 valence electrons. The van der Waals surface area contributed by atoms with Crippen LogP contribution >= 0.6 is 0 Å². The van der Waals surface area contributed by atoms with Crippen LogP contribution in [0.2, 0.25) is 0 Å². The molecule has 3 heteroatoms. The SMILES string of the molecule is [Li+].[c-]1ccc(OCC2CCCO2)cc1. The van der Waals surface area contributed by atoms with Crippen molar-refractivity contribution in [2.24, 2.45) is 0 Å². The van der Waals surface area contributed by atoms with Gasteiger partial charge in [-0.3, -0.25) is 0 Å². The van der Waals surface area contributed by atoms with Crippen molar-refractivity contribution in [1.29, 1.82) is 0 Å². The molecule has 0 N–H and O–H groups in total. The summed E-state index contributed by atoms with van der Waals surface area (Å²) in [4.78, 5) is 0. The monoisotopic (exact) mass is 184 g/mol. The Morgan fingerprint density at radius 2 is 2.21 bits per heavy atom. The summed E-state index contributed by atoms with van der Waals surface area (Å²) in [7, 11) is 0. The van der Waals surface area contributed by atoms with Crippen molar-refractivity contribution < 1.29 is 28.3 Å². The Kier molecular flexibility index (Phi) is 5.11. The zero-order valence-electron chi connectivity index (χ0n) is 8.53. The molecule has 2 rings (SSSR count). The summed E-state index contributed by atoms with van der Waals surface area (Å²) >= 11 is 0. The van der Waals surface area contributed by atoms with Gasteiger partial charge in [-0.05, 0) is 12.8 Å². The van der Waals surface area contributed by atoms with Gasteiger partial charge in [-0.1, -0.05) is 0 Å². The van der Waals surface area contributed by atoms with E-state index in [9.17, 15) is 0 Å². The fraction of sp³-hybridized carbons (Fsp3) is 0.455. The maximum Gasteiger partial charge on any atom is 1.00 e. The van der Waals surface area contributed by atoms with Crippen molar-refractivity contribution in [2.75, 3.05) is 13.2 Å². The molecule has 0 spiro atoms. The predicted octanol–water partition coefficient (Wildman–Crippen LogP) is -0.951. The third-order valence-electron chi connectivity index (χ3n) is 2.15. The molecule has 1 aliphatic heterocycles. The second-order valence-electron chi connectivity index (χ2n) is 3.18. The van der Waals surface area contributed by atoms with E-state index < -0.39 is 0 Å². The molecule has 0 bridgehead atoms. The van der Waals surface area contributed by atoms with Crippen LogP contribution in [0.4, 0.5) is 0 Å². The second kappa shape index (κ2) is 6.13. The normalized spacial score (nSPS) is 20.1. The first-order chi connectivity index (χ1) is 6.45. The van der Waals surface area contributed by atoms with E-state index in [1.54, 1.807) is 0 Å². The number of hydrogen-bond acceptors (Lipinski definition) is 2. The first-order valence-electron chi connectivity index (χ1n) is 4.66. The van der Waals surface area contributed by atoms with E-state index in [0.29, 0.717) is 12.7 Å². The molecule has 1 aromatic rings. The van der Waals surface area contributed by atoms with E-state index in [0.717, 1.165) is 25.2 Å². The van der Waals surface area contributed by atoms with Gasteiger partial charge in [0.15, 0.2) is 0 Å². The first kappa shape index (κ1) is 11.7. The van der Waals surface area contributed by atoms with Crippen molar-refractivity contribution in [3.05, 3.63) is 30.3 Å². The Morgan fingerprint density at radius 3 is 2.86 bits per heavy atom. The molecule has 2 nitrogen and oxygen atoms in total. The minimum atomic E-state index is 0. The summed E-state index contributed by atoms with van der Waals surface area (Å²) in [6, 6.07) is 10.5. The summed E-state index contributed by atoms with van der Waals surface area (Å²) in [5.74, 6) is 0.897. The third-order valence-corrected chi connectivity index (χ3v) is 2.15. The molecule has 14 heavy (non-hydrogen) atoms. The minimum Gasteiger partial charge on any atom is -0.516 e. The van der Waals surface area contributed by atoms with E-state index in [1.165, 1.54) is 0 Å². The van der Waals surface area contributed by atoms with Crippen LogP contribution in [0.3, 0.4) is 0 Å². The van der Waals surface area contributed by atoms with E-state index >= 15 is 0 Å². The fourth-order valence-corrected chi connectivity index (χ4v) is 1.43. The molecule has 1 fully saturated rings. The van der Waals surface area contributed by atoms with Crippen molar-refractivity contribution in [1.82, 2.24) is 0 Å². The van der Waals surface area contributed by atoms with Crippen molar-refractivity contribution in [2.45, 2.75) is 18.9 Å². The standard InChI is InChI=1S/C11H13O2.Li/c1-2-5-10(6-3-1)13-9-11-7-4-8-12-11;/h2-3,5-6,11H,4,7-9H2;/q-1;+1. The Labute approximate surface area is 96.8 Å². The minimum absolute atomic E-state index is 0. The summed E-state index contributed by atoms with van der Waals surface area (Å²) in [5, 5.41) is 0. The molecule has 0 aliphatic carbocycles. The Bertz CT molecular complexity index is 245. The Hall–Kier alpha value is -0.423. The van der Waals surface area contributed by atoms with Gasteiger partial charge < -0.3 is 9.47 Å². The van der Waals surface area contributed by atoms with Crippen LogP contribution in [-0.2, 0) is 4.74 Å². The van der Waals surface area contributed by atoms with E-state index in [2.05, 4.69) is 6.07 Å². The topological polar surface area (TPSA) is 18.5 Å². The fourth-order valence-electron chi connectivity index (χ4n) is 1.43. The molecular formula is C11H13LiO2. The molecule has 1 unspecified atom stereocenters. The molecule has 0 radical (unpaired) electrons. The van der Waals surface area contributed by atoms with Gasteiger partial charge in [0.2, 0.25) is 0 Å². The maximum absolute atomic E-state index is 5.54.